The van der Waals surface area contributed by atoms with E-state index in [1.54, 1.807) is 34.6 Å². The molecule has 0 spiro atoms. The summed E-state index contributed by atoms with van der Waals surface area (Å²) in [7, 11) is 0. The van der Waals surface area contributed by atoms with Gasteiger partial charge in [-0.3, -0.25) is 9.59 Å². The van der Waals surface area contributed by atoms with Crippen LogP contribution in [0, 0.1) is 12.7 Å². The summed E-state index contributed by atoms with van der Waals surface area (Å²) >= 11 is 1.64. The van der Waals surface area contributed by atoms with Crippen molar-refractivity contribution in [2.75, 3.05) is 32.4 Å². The molecule has 0 saturated carbocycles. The SMILES string of the molecule is CSc1ccc(C(=O)N2CCN(C(=O)c3ccc(F)c(C)c3)CC2)cc1. The number of halogens is 1. The third kappa shape index (κ3) is 3.90. The van der Waals surface area contributed by atoms with Gasteiger partial charge in [-0.05, 0) is 61.2 Å². The van der Waals surface area contributed by atoms with Crippen LogP contribution in [0.4, 0.5) is 4.39 Å². The van der Waals surface area contributed by atoms with Gasteiger partial charge >= 0.3 is 0 Å². The second-order valence-corrected chi connectivity index (χ2v) is 7.16. The highest BCUT2D eigenvalue weighted by Gasteiger charge is 2.25. The second kappa shape index (κ2) is 7.91. The van der Waals surface area contributed by atoms with Crippen LogP contribution < -0.4 is 0 Å². The van der Waals surface area contributed by atoms with Crippen LogP contribution in [0.25, 0.3) is 0 Å². The predicted octanol–water partition coefficient (Wildman–Crippen LogP) is 3.45. The molecule has 1 aliphatic rings. The highest BCUT2D eigenvalue weighted by atomic mass is 32.2. The number of hydrogen-bond donors (Lipinski definition) is 0. The molecule has 0 atom stereocenters. The molecule has 2 aromatic carbocycles. The van der Waals surface area contributed by atoms with Gasteiger partial charge in [-0.1, -0.05) is 0 Å². The highest BCUT2D eigenvalue weighted by molar-refractivity contribution is 7.98. The Labute approximate surface area is 157 Å². The Morgan fingerprint density at radius 3 is 1.88 bits per heavy atom. The van der Waals surface area contributed by atoms with E-state index in [2.05, 4.69) is 0 Å². The first kappa shape index (κ1) is 18.5. The van der Waals surface area contributed by atoms with Crippen molar-refractivity contribution in [3.63, 3.8) is 0 Å². The lowest BCUT2D eigenvalue weighted by atomic mass is 10.1. The summed E-state index contributed by atoms with van der Waals surface area (Å²) in [6.45, 7) is 3.59. The predicted molar refractivity (Wildman–Crippen MR) is 101 cm³/mol. The summed E-state index contributed by atoms with van der Waals surface area (Å²) in [5.74, 6) is -0.448. The van der Waals surface area contributed by atoms with E-state index in [9.17, 15) is 14.0 Å². The zero-order valence-corrected chi connectivity index (χ0v) is 15.7. The second-order valence-electron chi connectivity index (χ2n) is 6.28. The van der Waals surface area contributed by atoms with E-state index in [4.69, 9.17) is 0 Å². The number of nitrogens with zero attached hydrogens (tertiary/aromatic N) is 2. The first-order valence-electron chi connectivity index (χ1n) is 8.48. The topological polar surface area (TPSA) is 40.6 Å². The van der Waals surface area contributed by atoms with Gasteiger partial charge in [0.25, 0.3) is 11.8 Å². The minimum Gasteiger partial charge on any atom is -0.335 e. The van der Waals surface area contributed by atoms with Crippen molar-refractivity contribution in [1.29, 1.82) is 0 Å². The number of hydrogen-bond acceptors (Lipinski definition) is 3. The Morgan fingerprint density at radius 1 is 0.885 bits per heavy atom. The number of benzene rings is 2. The number of rotatable bonds is 3. The van der Waals surface area contributed by atoms with Gasteiger partial charge < -0.3 is 9.80 Å². The highest BCUT2D eigenvalue weighted by Crippen LogP contribution is 2.17. The molecule has 1 heterocycles. The van der Waals surface area contributed by atoms with E-state index in [0.29, 0.717) is 42.9 Å². The van der Waals surface area contributed by atoms with Gasteiger partial charge in [0.15, 0.2) is 0 Å². The summed E-state index contributed by atoms with van der Waals surface area (Å²) in [6.07, 6.45) is 2.00. The maximum Gasteiger partial charge on any atom is 0.253 e. The fourth-order valence-corrected chi connectivity index (χ4v) is 3.40. The fourth-order valence-electron chi connectivity index (χ4n) is 2.99. The van der Waals surface area contributed by atoms with Crippen molar-refractivity contribution < 1.29 is 14.0 Å². The molecule has 136 valence electrons. The van der Waals surface area contributed by atoms with Crippen molar-refractivity contribution in [2.24, 2.45) is 0 Å². The average Bonchev–Trinajstić information content (AvgIpc) is 2.69. The number of thioether (sulfide) groups is 1. The van der Waals surface area contributed by atoms with Crippen LogP contribution >= 0.6 is 11.8 Å². The molecular formula is C20H21FN2O2S. The number of amides is 2. The third-order valence-corrected chi connectivity index (χ3v) is 5.34. The zero-order valence-electron chi connectivity index (χ0n) is 14.9. The molecule has 0 N–H and O–H groups in total. The van der Waals surface area contributed by atoms with Crippen LogP contribution in [0.3, 0.4) is 0 Å². The monoisotopic (exact) mass is 372 g/mol. The zero-order chi connectivity index (χ0) is 18.7. The van der Waals surface area contributed by atoms with Crippen LogP contribution in [0.1, 0.15) is 26.3 Å². The van der Waals surface area contributed by atoms with E-state index < -0.39 is 0 Å². The van der Waals surface area contributed by atoms with Crippen molar-refractivity contribution in [2.45, 2.75) is 11.8 Å². The summed E-state index contributed by atoms with van der Waals surface area (Å²) in [5.41, 5.74) is 1.60. The maximum atomic E-state index is 13.4. The first-order valence-corrected chi connectivity index (χ1v) is 9.71. The molecule has 0 unspecified atom stereocenters. The largest absolute Gasteiger partial charge is 0.335 e. The fraction of sp³-hybridized carbons (Fsp3) is 0.300. The summed E-state index contributed by atoms with van der Waals surface area (Å²) in [5, 5.41) is 0. The number of carbonyl (C=O) groups excluding carboxylic acids is 2. The van der Waals surface area contributed by atoms with E-state index in [-0.39, 0.29) is 17.6 Å². The Hall–Kier alpha value is -2.34. The van der Waals surface area contributed by atoms with Crippen LogP contribution in [0.2, 0.25) is 0 Å². The molecule has 1 aliphatic heterocycles. The third-order valence-electron chi connectivity index (χ3n) is 4.60. The molecule has 1 fully saturated rings. The minimum absolute atomic E-state index is 0.0117. The Morgan fingerprint density at radius 2 is 1.38 bits per heavy atom. The van der Waals surface area contributed by atoms with Crippen molar-refractivity contribution in [3.05, 3.63) is 65.0 Å². The van der Waals surface area contributed by atoms with E-state index in [1.807, 2.05) is 30.5 Å². The van der Waals surface area contributed by atoms with Crippen LogP contribution in [-0.2, 0) is 0 Å². The molecule has 6 heteroatoms. The van der Waals surface area contributed by atoms with Gasteiger partial charge in [0.2, 0.25) is 0 Å². The molecule has 2 amide bonds. The molecule has 1 saturated heterocycles. The van der Waals surface area contributed by atoms with Crippen LogP contribution in [0.15, 0.2) is 47.4 Å². The van der Waals surface area contributed by atoms with Crippen molar-refractivity contribution in [3.8, 4) is 0 Å². The first-order chi connectivity index (χ1) is 12.5. The van der Waals surface area contributed by atoms with Crippen molar-refractivity contribution >= 4 is 23.6 Å². The van der Waals surface area contributed by atoms with E-state index in [1.165, 1.54) is 12.1 Å². The van der Waals surface area contributed by atoms with Gasteiger partial charge in [0.1, 0.15) is 5.82 Å². The standard InChI is InChI=1S/C20H21FN2O2S/c1-14-13-16(5-8-18(14)21)20(25)23-11-9-22(10-12-23)19(24)15-3-6-17(26-2)7-4-15/h3-8,13H,9-12H2,1-2H3. The lowest BCUT2D eigenvalue weighted by Crippen LogP contribution is -2.50. The quantitative estimate of drug-likeness (QED) is 0.775. The van der Waals surface area contributed by atoms with E-state index >= 15 is 0 Å². The molecule has 4 nitrogen and oxygen atoms in total. The maximum absolute atomic E-state index is 13.4. The molecule has 0 aliphatic carbocycles. The average molecular weight is 372 g/mol. The molecule has 26 heavy (non-hydrogen) atoms. The lowest BCUT2D eigenvalue weighted by Gasteiger charge is -2.35. The summed E-state index contributed by atoms with van der Waals surface area (Å²) in [6, 6.07) is 12.0. The van der Waals surface area contributed by atoms with Gasteiger partial charge in [0, 0.05) is 42.2 Å². The molecular weight excluding hydrogens is 351 g/mol. The van der Waals surface area contributed by atoms with Gasteiger partial charge in [-0.15, -0.1) is 11.8 Å². The molecule has 0 aromatic heterocycles. The van der Waals surface area contributed by atoms with E-state index in [0.717, 1.165) is 4.90 Å². The van der Waals surface area contributed by atoms with Crippen molar-refractivity contribution in [1.82, 2.24) is 9.80 Å². The Kier molecular flexibility index (Phi) is 5.61. The Balaban J connectivity index is 1.61. The molecule has 2 aromatic rings. The van der Waals surface area contributed by atoms with Gasteiger partial charge in [-0.25, -0.2) is 4.39 Å². The number of aryl methyl sites for hydroxylation is 1. The van der Waals surface area contributed by atoms with Crippen LogP contribution in [-0.4, -0.2) is 54.0 Å². The van der Waals surface area contributed by atoms with Crippen LogP contribution in [0.5, 0.6) is 0 Å². The van der Waals surface area contributed by atoms with Gasteiger partial charge in [-0.2, -0.15) is 0 Å². The smallest absolute Gasteiger partial charge is 0.253 e. The Bertz CT molecular complexity index is 815. The van der Waals surface area contributed by atoms with Gasteiger partial charge in [0.05, 0.1) is 0 Å². The molecule has 0 radical (unpaired) electrons. The number of piperazine rings is 1. The minimum atomic E-state index is -0.315. The lowest BCUT2D eigenvalue weighted by molar-refractivity contribution is 0.0535. The number of carbonyl (C=O) groups is 2. The summed E-state index contributed by atoms with van der Waals surface area (Å²) in [4.78, 5) is 29.8. The molecule has 0 bridgehead atoms. The molecule has 3 rings (SSSR count). The summed E-state index contributed by atoms with van der Waals surface area (Å²) < 4.78 is 13.4. The normalized spacial score (nSPS) is 14.4.